The summed E-state index contributed by atoms with van der Waals surface area (Å²) in [5.74, 6) is -0.557. The molecule has 2 atom stereocenters. The molecule has 7 nitrogen and oxygen atoms in total. The van der Waals surface area contributed by atoms with Gasteiger partial charge in [0.25, 0.3) is 0 Å². The molecule has 3 rings (SSSR count). The first-order chi connectivity index (χ1) is 9.64. The quantitative estimate of drug-likeness (QED) is 0.846. The molecule has 2 heterocycles. The van der Waals surface area contributed by atoms with Gasteiger partial charge in [-0.2, -0.15) is 0 Å². The first-order valence-corrected chi connectivity index (χ1v) is 6.63. The molecule has 1 aromatic rings. The minimum Gasteiger partial charge on any atom is -0.476 e. The normalized spacial score (nSPS) is 27.2. The molecule has 1 aliphatic carbocycles. The fraction of sp³-hybridized carbons (Fsp3) is 0.615. The van der Waals surface area contributed by atoms with E-state index in [1.54, 1.807) is 7.11 Å². The molecule has 20 heavy (non-hydrogen) atoms. The molecule has 0 unspecified atom stereocenters. The Morgan fingerprint density at radius 2 is 2.30 bits per heavy atom. The van der Waals surface area contributed by atoms with Gasteiger partial charge in [0.1, 0.15) is 11.9 Å². The highest BCUT2D eigenvalue weighted by atomic mass is 16.6. The summed E-state index contributed by atoms with van der Waals surface area (Å²) >= 11 is 0. The van der Waals surface area contributed by atoms with Crippen LogP contribution >= 0.6 is 0 Å². The zero-order valence-corrected chi connectivity index (χ0v) is 11.2. The molecule has 0 bridgehead atoms. The zero-order chi connectivity index (χ0) is 14.2. The van der Waals surface area contributed by atoms with Gasteiger partial charge in [0.15, 0.2) is 5.69 Å². The molecule has 2 fully saturated rings. The summed E-state index contributed by atoms with van der Waals surface area (Å²) in [5, 5.41) is 12.0. The smallest absolute Gasteiger partial charge is 0.356 e. The van der Waals surface area contributed by atoms with Gasteiger partial charge in [-0.3, -0.25) is 0 Å². The topological polar surface area (TPSA) is 93.6 Å². The Balaban J connectivity index is 1.69. The Bertz CT molecular complexity index is 501. The summed E-state index contributed by atoms with van der Waals surface area (Å²) in [4.78, 5) is 18.6. The van der Waals surface area contributed by atoms with Crippen LogP contribution < -0.4 is 5.32 Å². The SMILES string of the molecule is CO[C@@H]1[C@@H](Nc2cnc(C(=O)O)cn2)COC12CCC2. The number of aromatic nitrogens is 2. The van der Waals surface area contributed by atoms with E-state index in [-0.39, 0.29) is 23.4 Å². The number of nitrogens with zero attached hydrogens (tertiary/aromatic N) is 2. The number of carboxylic acids is 1. The fourth-order valence-corrected chi connectivity index (χ4v) is 2.95. The van der Waals surface area contributed by atoms with Gasteiger partial charge in [-0.25, -0.2) is 14.8 Å². The van der Waals surface area contributed by atoms with Crippen LogP contribution in [-0.2, 0) is 9.47 Å². The highest BCUT2D eigenvalue weighted by molar-refractivity contribution is 5.84. The first-order valence-electron chi connectivity index (χ1n) is 6.63. The minimum atomic E-state index is -1.09. The molecule has 2 N–H and O–H groups in total. The Hall–Kier alpha value is -1.73. The Morgan fingerprint density at radius 1 is 1.50 bits per heavy atom. The van der Waals surface area contributed by atoms with Gasteiger partial charge < -0.3 is 19.9 Å². The van der Waals surface area contributed by atoms with Gasteiger partial charge in [-0.05, 0) is 19.3 Å². The molecule has 0 amide bonds. The maximum Gasteiger partial charge on any atom is 0.356 e. The first kappa shape index (κ1) is 13.3. The second-order valence-corrected chi connectivity index (χ2v) is 5.23. The fourth-order valence-electron chi connectivity index (χ4n) is 2.95. The average molecular weight is 279 g/mol. The van der Waals surface area contributed by atoms with E-state index < -0.39 is 5.97 Å². The summed E-state index contributed by atoms with van der Waals surface area (Å²) in [6.45, 7) is 0.556. The maximum atomic E-state index is 10.7. The lowest BCUT2D eigenvalue weighted by atomic mass is 9.75. The van der Waals surface area contributed by atoms with E-state index in [2.05, 4.69) is 15.3 Å². The van der Waals surface area contributed by atoms with Crippen LogP contribution in [-0.4, -0.2) is 52.5 Å². The molecule has 1 aromatic heterocycles. The van der Waals surface area contributed by atoms with Crippen molar-refractivity contribution < 1.29 is 19.4 Å². The number of hydrogen-bond acceptors (Lipinski definition) is 6. The predicted octanol–water partition coefficient (Wildman–Crippen LogP) is 0.923. The van der Waals surface area contributed by atoms with Crippen LogP contribution in [0.4, 0.5) is 5.82 Å². The lowest BCUT2D eigenvalue weighted by Gasteiger charge is -2.42. The second-order valence-electron chi connectivity index (χ2n) is 5.23. The van der Waals surface area contributed by atoms with Crippen molar-refractivity contribution in [2.45, 2.75) is 37.0 Å². The molecule has 0 radical (unpaired) electrons. The third kappa shape index (κ3) is 2.12. The van der Waals surface area contributed by atoms with Crippen LogP contribution in [0.3, 0.4) is 0 Å². The number of nitrogens with one attached hydrogen (secondary N) is 1. The van der Waals surface area contributed by atoms with Crippen molar-refractivity contribution in [2.75, 3.05) is 19.0 Å². The third-order valence-corrected chi connectivity index (χ3v) is 4.09. The highest BCUT2D eigenvalue weighted by Gasteiger charge is 2.54. The van der Waals surface area contributed by atoms with Gasteiger partial charge >= 0.3 is 5.97 Å². The number of carboxylic acid groups (broad SMARTS) is 1. The van der Waals surface area contributed by atoms with Crippen LogP contribution in [0.1, 0.15) is 29.8 Å². The molecule has 108 valence electrons. The summed E-state index contributed by atoms with van der Waals surface area (Å²) < 4.78 is 11.5. The van der Waals surface area contributed by atoms with Crippen molar-refractivity contribution in [3.63, 3.8) is 0 Å². The van der Waals surface area contributed by atoms with Gasteiger partial charge in [0.2, 0.25) is 0 Å². The van der Waals surface area contributed by atoms with E-state index in [0.717, 1.165) is 12.8 Å². The second kappa shape index (κ2) is 4.99. The Kier molecular flexibility index (Phi) is 3.31. The standard InChI is InChI=1S/C13H17N3O4/c1-19-11-9(7-20-13(11)3-2-4-13)16-10-6-14-8(5-15-10)12(17)18/h5-6,9,11H,2-4,7H2,1H3,(H,15,16)(H,17,18)/t9-,11+/m0/s1. The van der Waals surface area contributed by atoms with Crippen LogP contribution in [0.15, 0.2) is 12.4 Å². The number of hydrogen-bond donors (Lipinski definition) is 2. The van der Waals surface area contributed by atoms with E-state index in [4.69, 9.17) is 14.6 Å². The summed E-state index contributed by atoms with van der Waals surface area (Å²) in [5.41, 5.74) is -0.224. The van der Waals surface area contributed by atoms with E-state index in [1.165, 1.54) is 18.8 Å². The van der Waals surface area contributed by atoms with Crippen LogP contribution in [0.2, 0.25) is 0 Å². The van der Waals surface area contributed by atoms with Gasteiger partial charge in [0, 0.05) is 7.11 Å². The number of rotatable bonds is 4. The van der Waals surface area contributed by atoms with Crippen molar-refractivity contribution in [2.24, 2.45) is 0 Å². The number of anilines is 1. The lowest BCUT2D eigenvalue weighted by molar-refractivity contribution is -0.121. The minimum absolute atomic E-state index is 0.00489. The Labute approximate surface area is 116 Å². The Morgan fingerprint density at radius 3 is 2.80 bits per heavy atom. The van der Waals surface area contributed by atoms with Crippen molar-refractivity contribution in [3.8, 4) is 0 Å². The number of aromatic carboxylic acids is 1. The molecule has 0 aromatic carbocycles. The van der Waals surface area contributed by atoms with Crippen molar-refractivity contribution in [1.82, 2.24) is 9.97 Å². The average Bonchev–Trinajstić information content (AvgIpc) is 2.77. The van der Waals surface area contributed by atoms with Gasteiger partial charge in [-0.15, -0.1) is 0 Å². The molecule has 1 saturated carbocycles. The van der Waals surface area contributed by atoms with Crippen molar-refractivity contribution in [1.29, 1.82) is 0 Å². The van der Waals surface area contributed by atoms with Crippen molar-refractivity contribution in [3.05, 3.63) is 18.1 Å². The number of carbonyl (C=O) groups is 1. The molecule has 1 aliphatic heterocycles. The molecular weight excluding hydrogens is 262 g/mol. The highest BCUT2D eigenvalue weighted by Crippen LogP contribution is 2.45. The zero-order valence-electron chi connectivity index (χ0n) is 11.2. The molecule has 1 spiro atoms. The monoisotopic (exact) mass is 279 g/mol. The van der Waals surface area contributed by atoms with Crippen molar-refractivity contribution >= 4 is 11.8 Å². The summed E-state index contributed by atoms with van der Waals surface area (Å²) in [6, 6.07) is 0.00489. The lowest BCUT2D eigenvalue weighted by Crippen LogP contribution is -2.51. The van der Waals surface area contributed by atoms with E-state index >= 15 is 0 Å². The predicted molar refractivity (Wildman–Crippen MR) is 69.7 cm³/mol. The van der Waals surface area contributed by atoms with E-state index in [0.29, 0.717) is 12.4 Å². The molecular formula is C13H17N3O4. The van der Waals surface area contributed by atoms with E-state index in [1.807, 2.05) is 0 Å². The largest absolute Gasteiger partial charge is 0.476 e. The molecule has 1 saturated heterocycles. The molecule has 7 heteroatoms. The summed E-state index contributed by atoms with van der Waals surface area (Å²) in [6.07, 6.45) is 5.85. The number of ether oxygens (including phenoxy) is 2. The van der Waals surface area contributed by atoms with Gasteiger partial charge in [-0.1, -0.05) is 0 Å². The van der Waals surface area contributed by atoms with Crippen LogP contribution in [0.5, 0.6) is 0 Å². The van der Waals surface area contributed by atoms with Crippen LogP contribution in [0.25, 0.3) is 0 Å². The third-order valence-electron chi connectivity index (χ3n) is 4.09. The van der Waals surface area contributed by atoms with Crippen LogP contribution in [0, 0.1) is 0 Å². The van der Waals surface area contributed by atoms with Gasteiger partial charge in [0.05, 0.1) is 30.6 Å². The maximum absolute atomic E-state index is 10.7. The number of methoxy groups -OCH3 is 1. The molecule has 2 aliphatic rings. The van der Waals surface area contributed by atoms with E-state index in [9.17, 15) is 4.79 Å². The summed E-state index contributed by atoms with van der Waals surface area (Å²) in [7, 11) is 1.69.